The largest absolute Gasteiger partial charge is 0.300 e. The van der Waals surface area contributed by atoms with E-state index in [2.05, 4.69) is 4.90 Å². The van der Waals surface area contributed by atoms with E-state index in [0.29, 0.717) is 31.5 Å². The molecule has 0 radical (unpaired) electrons. The van der Waals surface area contributed by atoms with E-state index in [4.69, 9.17) is 0 Å². The van der Waals surface area contributed by atoms with E-state index < -0.39 is 10.0 Å². The fourth-order valence-corrected chi connectivity index (χ4v) is 4.45. The fourth-order valence-electron chi connectivity index (χ4n) is 3.51. The smallest absolute Gasteiger partial charge is 0.211 e. The highest BCUT2D eigenvalue weighted by molar-refractivity contribution is 7.88. The Morgan fingerprint density at radius 1 is 1.20 bits per heavy atom. The van der Waals surface area contributed by atoms with Gasteiger partial charge in [-0.05, 0) is 45.1 Å². The summed E-state index contributed by atoms with van der Waals surface area (Å²) >= 11 is 0. The van der Waals surface area contributed by atoms with E-state index in [1.54, 1.807) is 11.2 Å². The molecule has 6 heteroatoms. The van der Waals surface area contributed by atoms with Gasteiger partial charge in [-0.3, -0.25) is 9.69 Å². The first-order valence-corrected chi connectivity index (χ1v) is 9.39. The second-order valence-corrected chi connectivity index (χ2v) is 8.31. The monoisotopic (exact) mass is 302 g/mol. The Bertz CT molecular complexity index is 449. The lowest BCUT2D eigenvalue weighted by Gasteiger charge is -2.35. The number of hydrogen-bond donors (Lipinski definition) is 0. The summed E-state index contributed by atoms with van der Waals surface area (Å²) in [6.45, 7) is 4.94. The molecule has 116 valence electrons. The van der Waals surface area contributed by atoms with Crippen LogP contribution in [0.4, 0.5) is 0 Å². The maximum atomic E-state index is 11.6. The molecule has 20 heavy (non-hydrogen) atoms. The van der Waals surface area contributed by atoms with Gasteiger partial charge in [0.2, 0.25) is 10.0 Å². The summed E-state index contributed by atoms with van der Waals surface area (Å²) in [6.07, 6.45) is 6.23. The van der Waals surface area contributed by atoms with Crippen molar-refractivity contribution < 1.29 is 13.2 Å². The van der Waals surface area contributed by atoms with Gasteiger partial charge in [-0.2, -0.15) is 0 Å². The van der Waals surface area contributed by atoms with Crippen LogP contribution in [-0.2, 0) is 14.8 Å². The molecule has 2 heterocycles. The molecule has 0 amide bonds. The number of nitrogens with zero attached hydrogens (tertiary/aromatic N) is 2. The number of carbonyl (C=O) groups is 1. The number of carbonyl (C=O) groups excluding carboxylic acids is 1. The topological polar surface area (TPSA) is 57.7 Å². The molecule has 5 nitrogen and oxygen atoms in total. The van der Waals surface area contributed by atoms with E-state index in [1.807, 2.05) is 0 Å². The first-order chi connectivity index (χ1) is 9.36. The van der Waals surface area contributed by atoms with Crippen molar-refractivity contribution in [2.24, 2.45) is 5.92 Å². The third-order valence-corrected chi connectivity index (χ3v) is 5.74. The highest BCUT2D eigenvalue weighted by Gasteiger charge is 2.31. The van der Waals surface area contributed by atoms with E-state index in [0.717, 1.165) is 38.8 Å². The Kier molecular flexibility index (Phi) is 5.20. The minimum absolute atomic E-state index is 0.253. The molecule has 0 aromatic rings. The Balaban J connectivity index is 1.90. The second kappa shape index (κ2) is 6.54. The molecule has 2 aliphatic heterocycles. The molecule has 2 unspecified atom stereocenters. The summed E-state index contributed by atoms with van der Waals surface area (Å²) in [5.74, 6) is 0.661. The van der Waals surface area contributed by atoms with Gasteiger partial charge in [-0.25, -0.2) is 12.7 Å². The fraction of sp³-hybridized carbons (Fsp3) is 0.929. The predicted molar refractivity (Wildman–Crippen MR) is 79.0 cm³/mol. The van der Waals surface area contributed by atoms with Crippen molar-refractivity contribution in [1.29, 1.82) is 0 Å². The van der Waals surface area contributed by atoms with Gasteiger partial charge in [0, 0.05) is 32.1 Å². The van der Waals surface area contributed by atoms with Gasteiger partial charge >= 0.3 is 0 Å². The zero-order valence-electron chi connectivity index (χ0n) is 12.5. The highest BCUT2D eigenvalue weighted by Crippen LogP contribution is 2.25. The van der Waals surface area contributed by atoms with Crippen LogP contribution >= 0.6 is 0 Å². The lowest BCUT2D eigenvalue weighted by molar-refractivity contribution is -0.118. The van der Waals surface area contributed by atoms with Crippen LogP contribution in [0.5, 0.6) is 0 Å². The van der Waals surface area contributed by atoms with Crippen molar-refractivity contribution in [3.8, 4) is 0 Å². The first-order valence-electron chi connectivity index (χ1n) is 7.55. The van der Waals surface area contributed by atoms with Crippen molar-refractivity contribution in [3.63, 3.8) is 0 Å². The van der Waals surface area contributed by atoms with E-state index >= 15 is 0 Å². The number of hydrogen-bond acceptors (Lipinski definition) is 4. The first kappa shape index (κ1) is 15.9. The molecule has 0 aromatic heterocycles. The zero-order valence-corrected chi connectivity index (χ0v) is 13.4. The second-order valence-electron chi connectivity index (χ2n) is 6.33. The number of Topliss-reactive ketones (excluding diaryl/α,β-unsaturated/α-hetero) is 1. The number of likely N-dealkylation sites (tertiary alicyclic amines) is 1. The van der Waals surface area contributed by atoms with Crippen LogP contribution in [0.25, 0.3) is 0 Å². The Labute approximate surface area is 122 Å². The van der Waals surface area contributed by atoms with E-state index in [-0.39, 0.29) is 5.78 Å². The average molecular weight is 302 g/mol. The molecule has 0 N–H and O–H groups in total. The van der Waals surface area contributed by atoms with Crippen LogP contribution in [0.2, 0.25) is 0 Å². The highest BCUT2D eigenvalue weighted by atomic mass is 32.2. The maximum Gasteiger partial charge on any atom is 0.211 e. The van der Waals surface area contributed by atoms with Crippen LogP contribution < -0.4 is 0 Å². The van der Waals surface area contributed by atoms with Crippen molar-refractivity contribution in [3.05, 3.63) is 0 Å². The molecule has 2 fully saturated rings. The third-order valence-electron chi connectivity index (χ3n) is 4.47. The standard InChI is InChI=1S/C14H26N2O3S/c1-12(17)9-14-6-4-7-15(14)10-13-5-3-8-16(11-13)20(2,18)19/h13-14H,3-11H2,1-2H3. The quantitative estimate of drug-likeness (QED) is 0.763. The molecule has 0 spiro atoms. The molecule has 2 rings (SSSR count). The molecular weight excluding hydrogens is 276 g/mol. The molecule has 2 saturated heterocycles. The number of rotatable bonds is 5. The van der Waals surface area contributed by atoms with Gasteiger partial charge in [-0.1, -0.05) is 0 Å². The predicted octanol–water partition coefficient (Wildman–Crippen LogP) is 1.10. The van der Waals surface area contributed by atoms with Crippen LogP contribution in [0, 0.1) is 5.92 Å². The van der Waals surface area contributed by atoms with Crippen LogP contribution in [0.15, 0.2) is 0 Å². The van der Waals surface area contributed by atoms with Gasteiger partial charge in [0.25, 0.3) is 0 Å². The Morgan fingerprint density at radius 2 is 1.90 bits per heavy atom. The molecule has 2 atom stereocenters. The van der Waals surface area contributed by atoms with E-state index in [9.17, 15) is 13.2 Å². The molecule has 0 aromatic carbocycles. The maximum absolute atomic E-state index is 11.6. The van der Waals surface area contributed by atoms with Gasteiger partial charge in [0.05, 0.1) is 6.26 Å². The molecule has 0 saturated carbocycles. The molecule has 2 aliphatic rings. The average Bonchev–Trinajstić information content (AvgIpc) is 2.75. The lowest BCUT2D eigenvalue weighted by Crippen LogP contribution is -2.44. The van der Waals surface area contributed by atoms with Crippen LogP contribution in [0.1, 0.15) is 39.0 Å². The third kappa shape index (κ3) is 4.27. The summed E-state index contributed by atoms with van der Waals surface area (Å²) in [5, 5.41) is 0. The lowest BCUT2D eigenvalue weighted by atomic mass is 9.98. The molecule has 0 aliphatic carbocycles. The summed E-state index contributed by atoms with van der Waals surface area (Å²) < 4.78 is 24.9. The van der Waals surface area contributed by atoms with Gasteiger partial charge < -0.3 is 0 Å². The SMILES string of the molecule is CC(=O)CC1CCCN1CC1CCCN(S(C)(=O)=O)C1. The minimum atomic E-state index is -3.06. The summed E-state index contributed by atoms with van der Waals surface area (Å²) in [7, 11) is -3.06. The number of sulfonamides is 1. The minimum Gasteiger partial charge on any atom is -0.300 e. The van der Waals surface area contributed by atoms with Gasteiger partial charge in [0.15, 0.2) is 0 Å². The van der Waals surface area contributed by atoms with Crippen molar-refractivity contribution in [2.75, 3.05) is 32.4 Å². The zero-order chi connectivity index (χ0) is 14.8. The summed E-state index contributed by atoms with van der Waals surface area (Å²) in [4.78, 5) is 13.7. The van der Waals surface area contributed by atoms with Gasteiger partial charge in [-0.15, -0.1) is 0 Å². The van der Waals surface area contributed by atoms with Crippen LogP contribution in [-0.4, -0.2) is 61.9 Å². The molecule has 0 bridgehead atoms. The van der Waals surface area contributed by atoms with Gasteiger partial charge in [0.1, 0.15) is 5.78 Å². The summed E-state index contributed by atoms with van der Waals surface area (Å²) in [5.41, 5.74) is 0. The Hall–Kier alpha value is -0.460. The Morgan fingerprint density at radius 3 is 2.55 bits per heavy atom. The van der Waals surface area contributed by atoms with Crippen molar-refractivity contribution in [1.82, 2.24) is 9.21 Å². The number of ketones is 1. The van der Waals surface area contributed by atoms with Crippen molar-refractivity contribution >= 4 is 15.8 Å². The summed E-state index contributed by atoms with van der Waals surface area (Å²) in [6, 6.07) is 0.376. The molecular formula is C14H26N2O3S. The number of piperidine rings is 1. The van der Waals surface area contributed by atoms with Crippen molar-refractivity contribution in [2.45, 2.75) is 45.1 Å². The van der Waals surface area contributed by atoms with Crippen LogP contribution in [0.3, 0.4) is 0 Å². The normalized spacial score (nSPS) is 29.7. The van der Waals surface area contributed by atoms with E-state index in [1.165, 1.54) is 6.26 Å².